The van der Waals surface area contributed by atoms with Crippen LogP contribution in [0.3, 0.4) is 0 Å². The monoisotopic (exact) mass is 814 g/mol. The highest BCUT2D eigenvalue weighted by atomic mass is 15.1. The van der Waals surface area contributed by atoms with Crippen LogP contribution in [0.5, 0.6) is 0 Å². The summed E-state index contributed by atoms with van der Waals surface area (Å²) in [5.74, 6) is 0. The van der Waals surface area contributed by atoms with E-state index in [-0.39, 0.29) is 0 Å². The van der Waals surface area contributed by atoms with Crippen molar-refractivity contribution in [2.45, 2.75) is 0 Å². The maximum absolute atomic E-state index is 2.39. The van der Waals surface area contributed by atoms with E-state index in [0.29, 0.717) is 0 Å². The molecule has 0 saturated carbocycles. The molecule has 1 heterocycles. The second kappa shape index (κ2) is 15.8. The molecule has 0 aliphatic heterocycles. The molecule has 2 nitrogen and oxygen atoms in total. The smallest absolute Gasteiger partial charge is 0.0541 e. The van der Waals surface area contributed by atoms with Crippen LogP contribution in [0.25, 0.3) is 93.5 Å². The van der Waals surface area contributed by atoms with Crippen LogP contribution in [0.1, 0.15) is 0 Å². The standard InChI is InChI=1S/C62H42N2/c1-3-18-55-47(12-1)14-9-22-57(55)49-30-26-43(27-31-49)45-34-38-51(39-35-45)63(53-16-11-17-54(42-53)64-61-24-7-5-20-59(61)60-21-6-8-25-62(60)64)52-40-36-46(37-41-52)44-28-32-50(33-29-44)58-23-10-15-48-13-2-4-19-56(48)58/h1-42H. The quantitative estimate of drug-likeness (QED) is 0.148. The Labute approximate surface area is 373 Å². The lowest BCUT2D eigenvalue weighted by molar-refractivity contribution is 1.17. The lowest BCUT2D eigenvalue weighted by atomic mass is 9.96. The highest BCUT2D eigenvalue weighted by molar-refractivity contribution is 6.09. The van der Waals surface area contributed by atoms with Gasteiger partial charge in [-0.2, -0.15) is 0 Å². The Morgan fingerprint density at radius 2 is 0.609 bits per heavy atom. The zero-order valence-electron chi connectivity index (χ0n) is 35.1. The van der Waals surface area contributed by atoms with E-state index in [0.717, 1.165) is 22.7 Å². The second-order valence-corrected chi connectivity index (χ2v) is 16.5. The van der Waals surface area contributed by atoms with Crippen LogP contribution in [0.4, 0.5) is 17.1 Å². The van der Waals surface area contributed by atoms with E-state index in [1.165, 1.54) is 87.9 Å². The van der Waals surface area contributed by atoms with Crippen molar-refractivity contribution in [1.29, 1.82) is 0 Å². The molecule has 0 saturated heterocycles. The number of rotatable bonds is 8. The van der Waals surface area contributed by atoms with Crippen molar-refractivity contribution in [3.63, 3.8) is 0 Å². The molecule has 2 heteroatoms. The molecule has 0 amide bonds. The van der Waals surface area contributed by atoms with E-state index in [2.05, 4.69) is 264 Å². The van der Waals surface area contributed by atoms with Crippen LogP contribution in [-0.2, 0) is 0 Å². The lowest BCUT2D eigenvalue weighted by Gasteiger charge is -2.26. The van der Waals surface area contributed by atoms with Gasteiger partial charge in [-0.1, -0.05) is 200 Å². The van der Waals surface area contributed by atoms with Crippen molar-refractivity contribution in [2.75, 3.05) is 4.90 Å². The van der Waals surface area contributed by atoms with Gasteiger partial charge in [-0.15, -0.1) is 0 Å². The van der Waals surface area contributed by atoms with Gasteiger partial charge >= 0.3 is 0 Å². The fraction of sp³-hybridized carbons (Fsp3) is 0. The third kappa shape index (κ3) is 6.61. The first-order valence-corrected chi connectivity index (χ1v) is 22.0. The average molecular weight is 815 g/mol. The fourth-order valence-corrected chi connectivity index (χ4v) is 9.66. The van der Waals surface area contributed by atoms with Crippen molar-refractivity contribution < 1.29 is 0 Å². The maximum Gasteiger partial charge on any atom is 0.0541 e. The molecule has 11 aromatic carbocycles. The molecule has 12 aromatic rings. The van der Waals surface area contributed by atoms with E-state index in [9.17, 15) is 0 Å². The predicted octanol–water partition coefficient (Wildman–Crippen LogP) is 17.2. The highest BCUT2D eigenvalue weighted by Gasteiger charge is 2.17. The Morgan fingerprint density at radius 3 is 1.08 bits per heavy atom. The Hall–Kier alpha value is -8.46. The Morgan fingerprint density at radius 1 is 0.250 bits per heavy atom. The highest BCUT2D eigenvalue weighted by Crippen LogP contribution is 2.40. The largest absolute Gasteiger partial charge is 0.310 e. The second-order valence-electron chi connectivity index (χ2n) is 16.5. The van der Waals surface area contributed by atoms with E-state index in [1.54, 1.807) is 0 Å². The summed E-state index contributed by atoms with van der Waals surface area (Å²) in [5.41, 5.74) is 16.4. The zero-order chi connectivity index (χ0) is 42.4. The van der Waals surface area contributed by atoms with Gasteiger partial charge in [-0.25, -0.2) is 0 Å². The number of hydrogen-bond acceptors (Lipinski definition) is 1. The molecule has 64 heavy (non-hydrogen) atoms. The van der Waals surface area contributed by atoms with Crippen molar-refractivity contribution in [2.24, 2.45) is 0 Å². The summed E-state index contributed by atoms with van der Waals surface area (Å²) in [5, 5.41) is 7.56. The van der Waals surface area contributed by atoms with Gasteiger partial charge in [0, 0.05) is 33.5 Å². The first kappa shape index (κ1) is 37.3. The molecular weight excluding hydrogens is 773 g/mol. The Bertz CT molecular complexity index is 3410. The van der Waals surface area contributed by atoms with E-state index in [1.807, 2.05) is 0 Å². The average Bonchev–Trinajstić information content (AvgIpc) is 3.71. The summed E-state index contributed by atoms with van der Waals surface area (Å²) < 4.78 is 2.39. The van der Waals surface area contributed by atoms with E-state index in [4.69, 9.17) is 0 Å². The number of aromatic nitrogens is 1. The molecule has 0 N–H and O–H groups in total. The summed E-state index contributed by atoms with van der Waals surface area (Å²) in [4.78, 5) is 2.37. The predicted molar refractivity (Wildman–Crippen MR) is 272 cm³/mol. The zero-order valence-corrected chi connectivity index (χ0v) is 35.1. The molecule has 0 atom stereocenters. The molecule has 1 aromatic heterocycles. The van der Waals surface area contributed by atoms with Gasteiger partial charge in [0.2, 0.25) is 0 Å². The SMILES string of the molecule is c1cc(N(c2ccc(-c3ccc(-c4cccc5ccccc45)cc3)cc2)c2ccc(-c3ccc(-c4cccc5ccccc45)cc3)cc2)cc(-n2c3ccccc3c3ccccc32)c1. The van der Waals surface area contributed by atoms with Gasteiger partial charge in [0.15, 0.2) is 0 Å². The minimum Gasteiger partial charge on any atom is -0.310 e. The third-order valence-corrected chi connectivity index (χ3v) is 12.8. The molecule has 0 fully saturated rings. The van der Waals surface area contributed by atoms with Gasteiger partial charge in [0.1, 0.15) is 0 Å². The topological polar surface area (TPSA) is 8.17 Å². The van der Waals surface area contributed by atoms with Gasteiger partial charge < -0.3 is 9.47 Å². The minimum atomic E-state index is 1.08. The molecule has 0 unspecified atom stereocenters. The molecular formula is C62H42N2. The third-order valence-electron chi connectivity index (χ3n) is 12.8. The Balaban J connectivity index is 0.911. The molecule has 0 radical (unpaired) electrons. The maximum atomic E-state index is 2.39. The van der Waals surface area contributed by atoms with Crippen LogP contribution in [0.2, 0.25) is 0 Å². The summed E-state index contributed by atoms with van der Waals surface area (Å²) >= 11 is 0. The molecule has 300 valence electrons. The van der Waals surface area contributed by atoms with E-state index < -0.39 is 0 Å². The first-order valence-electron chi connectivity index (χ1n) is 22.0. The molecule has 0 bridgehead atoms. The van der Waals surface area contributed by atoms with Crippen LogP contribution < -0.4 is 4.90 Å². The molecule has 12 rings (SSSR count). The first-order chi connectivity index (χ1) is 31.7. The van der Waals surface area contributed by atoms with Gasteiger partial charge in [-0.05, 0) is 121 Å². The minimum absolute atomic E-state index is 1.08. The van der Waals surface area contributed by atoms with Crippen LogP contribution >= 0.6 is 0 Å². The normalized spacial score (nSPS) is 11.4. The lowest BCUT2D eigenvalue weighted by Crippen LogP contribution is -2.10. The number of benzene rings is 11. The van der Waals surface area contributed by atoms with Crippen LogP contribution in [-0.4, -0.2) is 4.57 Å². The van der Waals surface area contributed by atoms with E-state index >= 15 is 0 Å². The number of hydrogen-bond donors (Lipinski definition) is 0. The van der Waals surface area contributed by atoms with Crippen molar-refractivity contribution in [3.8, 4) is 50.2 Å². The summed E-state index contributed by atoms with van der Waals surface area (Å²) in [6.45, 7) is 0. The Kier molecular flexibility index (Phi) is 9.20. The van der Waals surface area contributed by atoms with Crippen molar-refractivity contribution >= 4 is 60.4 Å². The van der Waals surface area contributed by atoms with Gasteiger partial charge in [0.25, 0.3) is 0 Å². The molecule has 0 aliphatic rings. The van der Waals surface area contributed by atoms with Crippen molar-refractivity contribution in [1.82, 2.24) is 4.57 Å². The number of fused-ring (bicyclic) bond motifs is 5. The number of para-hydroxylation sites is 2. The number of nitrogens with zero attached hydrogens (tertiary/aromatic N) is 2. The molecule has 0 aliphatic carbocycles. The summed E-state index contributed by atoms with van der Waals surface area (Å²) in [6.07, 6.45) is 0. The molecule has 0 spiro atoms. The van der Waals surface area contributed by atoms with Crippen molar-refractivity contribution in [3.05, 3.63) is 255 Å². The van der Waals surface area contributed by atoms with Crippen LogP contribution in [0.15, 0.2) is 255 Å². The van der Waals surface area contributed by atoms with Crippen LogP contribution in [0, 0.1) is 0 Å². The van der Waals surface area contributed by atoms with Gasteiger partial charge in [0.05, 0.1) is 11.0 Å². The summed E-state index contributed by atoms with van der Waals surface area (Å²) in [6, 6.07) is 92.6. The summed E-state index contributed by atoms with van der Waals surface area (Å²) in [7, 11) is 0. The fourth-order valence-electron chi connectivity index (χ4n) is 9.66. The number of anilines is 3. The van der Waals surface area contributed by atoms with Gasteiger partial charge in [-0.3, -0.25) is 0 Å².